The molecule has 1 heteroatoms. The van der Waals surface area contributed by atoms with E-state index in [0.29, 0.717) is 0 Å². The van der Waals surface area contributed by atoms with E-state index in [1.165, 1.54) is 49.7 Å². The van der Waals surface area contributed by atoms with Crippen LogP contribution in [0.4, 0.5) is 0 Å². The standard InChI is InChI=1S/C21H26.Zr/c1-20(2,3)18-11-7-16(8-12-18)15-17-9-13-19(14-10-17)21(4,5)6;/h7-14H,1-6H3;. The molecule has 0 aliphatic heterocycles. The molecule has 0 spiro atoms. The van der Waals surface area contributed by atoms with Gasteiger partial charge >= 0.3 is 151 Å². The zero-order chi connectivity index (χ0) is 16.5. The van der Waals surface area contributed by atoms with Crippen LogP contribution in [0.15, 0.2) is 48.5 Å². The Morgan fingerprint density at radius 1 is 0.591 bits per heavy atom. The fourth-order valence-electron chi connectivity index (χ4n) is 2.44. The summed E-state index contributed by atoms with van der Waals surface area (Å²) in [6.07, 6.45) is 0. The molecule has 0 bridgehead atoms. The third-order valence-corrected chi connectivity index (χ3v) is 5.50. The van der Waals surface area contributed by atoms with Crippen molar-refractivity contribution in [1.29, 1.82) is 0 Å². The minimum atomic E-state index is 0.216. The number of benzene rings is 2. The number of hydrogen-bond acceptors (Lipinski definition) is 0. The van der Waals surface area contributed by atoms with E-state index in [-0.39, 0.29) is 10.8 Å². The second kappa shape index (κ2) is 6.36. The molecule has 2 aromatic rings. The van der Waals surface area contributed by atoms with Gasteiger partial charge < -0.3 is 0 Å². The van der Waals surface area contributed by atoms with Gasteiger partial charge in [-0.05, 0) is 0 Å². The third kappa shape index (κ3) is 4.14. The van der Waals surface area contributed by atoms with Crippen molar-refractivity contribution in [1.82, 2.24) is 0 Å². The average molecular weight is 370 g/mol. The Hall–Kier alpha value is -0.807. The molecule has 2 rings (SSSR count). The van der Waals surface area contributed by atoms with Gasteiger partial charge in [-0.3, -0.25) is 0 Å². The van der Waals surface area contributed by atoms with E-state index in [2.05, 4.69) is 90.1 Å². The van der Waals surface area contributed by atoms with Crippen molar-refractivity contribution in [2.24, 2.45) is 0 Å². The van der Waals surface area contributed by atoms with Crippen LogP contribution in [-0.4, -0.2) is 3.21 Å². The average Bonchev–Trinajstić information content (AvgIpc) is 2.45. The Morgan fingerprint density at radius 2 is 0.864 bits per heavy atom. The van der Waals surface area contributed by atoms with Crippen LogP contribution in [-0.2, 0) is 35.1 Å². The summed E-state index contributed by atoms with van der Waals surface area (Å²) in [5.74, 6) is 0. The van der Waals surface area contributed by atoms with Crippen LogP contribution in [0.3, 0.4) is 0 Å². The van der Waals surface area contributed by atoms with E-state index in [9.17, 15) is 0 Å². The molecule has 2 aromatic carbocycles. The molecule has 0 nitrogen and oxygen atoms in total. The molecular formula is C21H26Zr. The van der Waals surface area contributed by atoms with Gasteiger partial charge in [0.05, 0.1) is 0 Å². The summed E-state index contributed by atoms with van der Waals surface area (Å²) in [6, 6.07) is 18.1. The Morgan fingerprint density at radius 3 is 1.09 bits per heavy atom. The molecule has 0 N–H and O–H groups in total. The monoisotopic (exact) mass is 368 g/mol. The molecule has 0 aromatic heterocycles. The van der Waals surface area contributed by atoms with Gasteiger partial charge in [-0.2, -0.15) is 0 Å². The van der Waals surface area contributed by atoms with Crippen molar-refractivity contribution in [2.75, 3.05) is 0 Å². The fraction of sp³-hybridized carbons (Fsp3) is 0.381. The molecular weight excluding hydrogens is 343 g/mol. The maximum absolute atomic E-state index is 2.27. The van der Waals surface area contributed by atoms with Crippen LogP contribution in [0.5, 0.6) is 0 Å². The summed E-state index contributed by atoms with van der Waals surface area (Å²) < 4.78 is 1.42. The van der Waals surface area contributed by atoms with E-state index in [0.717, 1.165) is 0 Å². The van der Waals surface area contributed by atoms with Crippen molar-refractivity contribution >= 4 is 3.21 Å². The topological polar surface area (TPSA) is 0 Å². The maximum atomic E-state index is 2.27. The molecule has 0 radical (unpaired) electrons. The Balaban J connectivity index is 2.25. The van der Waals surface area contributed by atoms with E-state index in [1.807, 2.05) is 0 Å². The van der Waals surface area contributed by atoms with Crippen LogP contribution in [0.1, 0.15) is 63.8 Å². The molecule has 0 atom stereocenters. The first-order chi connectivity index (χ1) is 10.1. The summed E-state index contributed by atoms with van der Waals surface area (Å²) in [6.45, 7) is 13.6. The van der Waals surface area contributed by atoms with Gasteiger partial charge in [0.2, 0.25) is 0 Å². The zero-order valence-electron chi connectivity index (χ0n) is 14.6. The summed E-state index contributed by atoms with van der Waals surface area (Å²) in [5.41, 5.74) is 5.90. The van der Waals surface area contributed by atoms with Crippen LogP contribution in [0, 0.1) is 0 Å². The number of rotatable bonds is 2. The quantitative estimate of drug-likeness (QED) is 0.665. The van der Waals surface area contributed by atoms with Crippen LogP contribution >= 0.6 is 0 Å². The molecule has 0 amide bonds. The fourth-order valence-corrected chi connectivity index (χ4v) is 3.26. The Bertz CT molecular complexity index is 588. The SMILES string of the molecule is CC(C)(C)c1ccc([C](=[Zr])c2ccc(C(C)(C)C)cc2)cc1. The van der Waals surface area contributed by atoms with E-state index >= 15 is 0 Å². The number of hydrogen-bond donors (Lipinski definition) is 0. The summed E-state index contributed by atoms with van der Waals surface area (Å²) in [5, 5.41) is 0. The normalized spacial score (nSPS) is 12.2. The van der Waals surface area contributed by atoms with Crippen molar-refractivity contribution < 1.29 is 24.2 Å². The van der Waals surface area contributed by atoms with Crippen molar-refractivity contribution in [3.8, 4) is 0 Å². The van der Waals surface area contributed by atoms with Gasteiger partial charge in [0.1, 0.15) is 0 Å². The molecule has 22 heavy (non-hydrogen) atoms. The third-order valence-electron chi connectivity index (χ3n) is 4.08. The molecule has 0 unspecified atom stereocenters. The van der Waals surface area contributed by atoms with Gasteiger partial charge in [0.15, 0.2) is 0 Å². The molecule has 0 fully saturated rings. The predicted octanol–water partition coefficient (Wildman–Crippen LogP) is 5.40. The molecule has 0 aliphatic carbocycles. The van der Waals surface area contributed by atoms with Gasteiger partial charge in [-0.25, -0.2) is 0 Å². The summed E-state index contributed by atoms with van der Waals surface area (Å²) in [7, 11) is 0. The second-order valence-corrected chi connectivity index (χ2v) is 9.26. The second-order valence-electron chi connectivity index (χ2n) is 8.03. The summed E-state index contributed by atoms with van der Waals surface area (Å²) >= 11 is 1.46. The zero-order valence-corrected chi connectivity index (χ0v) is 17.1. The van der Waals surface area contributed by atoms with Gasteiger partial charge in [-0.15, -0.1) is 0 Å². The van der Waals surface area contributed by atoms with E-state index < -0.39 is 0 Å². The van der Waals surface area contributed by atoms with Crippen LogP contribution in [0.2, 0.25) is 0 Å². The van der Waals surface area contributed by atoms with E-state index in [1.54, 1.807) is 0 Å². The van der Waals surface area contributed by atoms with Crippen molar-refractivity contribution in [3.63, 3.8) is 0 Å². The van der Waals surface area contributed by atoms with Crippen LogP contribution in [0.25, 0.3) is 0 Å². The first kappa shape index (κ1) is 17.5. The summed E-state index contributed by atoms with van der Waals surface area (Å²) in [4.78, 5) is 0. The predicted molar refractivity (Wildman–Crippen MR) is 93.5 cm³/mol. The molecule has 0 aliphatic rings. The van der Waals surface area contributed by atoms with Crippen molar-refractivity contribution in [2.45, 2.75) is 52.4 Å². The molecule has 0 saturated carbocycles. The first-order valence-corrected chi connectivity index (χ1v) is 9.12. The Kier molecular flexibility index (Phi) is 5.07. The molecule has 114 valence electrons. The first-order valence-electron chi connectivity index (χ1n) is 7.89. The Labute approximate surface area is 150 Å². The van der Waals surface area contributed by atoms with Gasteiger partial charge in [0, 0.05) is 0 Å². The molecule has 0 saturated heterocycles. The van der Waals surface area contributed by atoms with Crippen molar-refractivity contribution in [3.05, 3.63) is 70.8 Å². The van der Waals surface area contributed by atoms with Crippen LogP contribution < -0.4 is 0 Å². The van der Waals surface area contributed by atoms with Gasteiger partial charge in [0.25, 0.3) is 0 Å². The van der Waals surface area contributed by atoms with Gasteiger partial charge in [-0.1, -0.05) is 0 Å². The minimum absolute atomic E-state index is 0.216. The van der Waals surface area contributed by atoms with E-state index in [4.69, 9.17) is 0 Å². The molecule has 0 heterocycles.